The van der Waals surface area contributed by atoms with E-state index in [9.17, 15) is 23.2 Å². The second-order valence-corrected chi connectivity index (χ2v) is 8.55. The van der Waals surface area contributed by atoms with Gasteiger partial charge in [-0.05, 0) is 55.7 Å². The Morgan fingerprint density at radius 3 is 2.33 bits per heavy atom. The van der Waals surface area contributed by atoms with Gasteiger partial charge in [-0.2, -0.15) is 13.9 Å². The van der Waals surface area contributed by atoms with Crippen LogP contribution in [-0.2, 0) is 11.2 Å². The number of hydrogen-bond acceptors (Lipinski definition) is 5. The third kappa shape index (κ3) is 4.28. The molecular formula is C25H23F2N5O4. The molecule has 0 saturated carbocycles. The number of nitrogens with zero attached hydrogens (tertiary/aromatic N) is 4. The molecule has 3 heterocycles. The summed E-state index contributed by atoms with van der Waals surface area (Å²) in [5.41, 5.74) is 7.65. The van der Waals surface area contributed by atoms with E-state index in [-0.39, 0.29) is 35.3 Å². The Morgan fingerprint density at radius 1 is 0.944 bits per heavy atom. The monoisotopic (exact) mass is 495 g/mol. The van der Waals surface area contributed by atoms with Gasteiger partial charge < -0.3 is 20.3 Å². The fourth-order valence-electron chi connectivity index (χ4n) is 4.67. The molecule has 0 unspecified atom stereocenters. The van der Waals surface area contributed by atoms with Crippen molar-refractivity contribution in [3.8, 4) is 11.4 Å². The number of amides is 3. The van der Waals surface area contributed by atoms with Crippen LogP contribution in [0, 0.1) is 0 Å². The van der Waals surface area contributed by atoms with E-state index in [1.165, 1.54) is 22.9 Å². The van der Waals surface area contributed by atoms with Gasteiger partial charge in [-0.3, -0.25) is 14.4 Å². The molecule has 11 heteroatoms. The minimum Gasteiger partial charge on any atom is -0.435 e. The van der Waals surface area contributed by atoms with Crippen molar-refractivity contribution in [1.82, 2.24) is 9.78 Å². The van der Waals surface area contributed by atoms with Gasteiger partial charge in [0.05, 0.1) is 5.69 Å². The topological polar surface area (TPSA) is 111 Å². The molecule has 186 valence electrons. The van der Waals surface area contributed by atoms with Gasteiger partial charge in [0.1, 0.15) is 11.4 Å². The summed E-state index contributed by atoms with van der Waals surface area (Å²) in [7, 11) is 0. The molecule has 2 N–H and O–H groups in total. The number of aromatic nitrogens is 2. The summed E-state index contributed by atoms with van der Waals surface area (Å²) in [5, 5.41) is 4.25. The second kappa shape index (κ2) is 9.40. The summed E-state index contributed by atoms with van der Waals surface area (Å²) in [6.07, 6.45) is 2.66. The Kier molecular flexibility index (Phi) is 6.13. The Hall–Kier alpha value is -4.28. The van der Waals surface area contributed by atoms with Crippen LogP contribution in [0.4, 0.5) is 20.2 Å². The van der Waals surface area contributed by atoms with Crippen LogP contribution >= 0.6 is 0 Å². The number of carbonyl (C=O) groups is 3. The Morgan fingerprint density at radius 2 is 1.67 bits per heavy atom. The number of hydrogen-bond donors (Lipinski definition) is 1. The average molecular weight is 495 g/mol. The van der Waals surface area contributed by atoms with Gasteiger partial charge in [-0.25, -0.2) is 4.68 Å². The smallest absolute Gasteiger partial charge is 0.387 e. The summed E-state index contributed by atoms with van der Waals surface area (Å²) >= 11 is 0. The van der Waals surface area contributed by atoms with Crippen LogP contribution in [0.15, 0.2) is 48.5 Å². The first-order chi connectivity index (χ1) is 17.3. The lowest BCUT2D eigenvalue weighted by Crippen LogP contribution is -2.39. The predicted molar refractivity (Wildman–Crippen MR) is 127 cm³/mol. The van der Waals surface area contributed by atoms with E-state index in [0.29, 0.717) is 30.6 Å². The van der Waals surface area contributed by atoms with Gasteiger partial charge in [0.25, 0.3) is 11.8 Å². The molecular weight excluding hydrogens is 472 g/mol. The highest BCUT2D eigenvalue weighted by Crippen LogP contribution is 2.31. The fourth-order valence-corrected chi connectivity index (χ4v) is 4.67. The number of carbonyl (C=O) groups excluding carboxylic acids is 3. The van der Waals surface area contributed by atoms with Gasteiger partial charge in [0.15, 0.2) is 5.69 Å². The third-order valence-corrected chi connectivity index (χ3v) is 6.33. The summed E-state index contributed by atoms with van der Waals surface area (Å²) in [4.78, 5) is 41.3. The highest BCUT2D eigenvalue weighted by Gasteiger charge is 2.34. The first-order valence-electron chi connectivity index (χ1n) is 11.5. The lowest BCUT2D eigenvalue weighted by atomic mass is 10.0. The van der Waals surface area contributed by atoms with Crippen molar-refractivity contribution < 1.29 is 27.9 Å². The summed E-state index contributed by atoms with van der Waals surface area (Å²) < 4.78 is 31.1. The van der Waals surface area contributed by atoms with Crippen molar-refractivity contribution in [2.45, 2.75) is 32.3 Å². The summed E-state index contributed by atoms with van der Waals surface area (Å²) in [6.45, 7) is -2.07. The van der Waals surface area contributed by atoms with Crippen LogP contribution in [0.25, 0.3) is 5.69 Å². The van der Waals surface area contributed by atoms with Gasteiger partial charge >= 0.3 is 6.61 Å². The SMILES string of the molecule is NC(=O)c1nn(-c2cccc(OC(F)F)c2)c2c1CCN(c1ccc(N3CCCCC3=O)cc1)C2=O. The fraction of sp³-hybridized carbons (Fsp3) is 0.280. The van der Waals surface area contributed by atoms with Gasteiger partial charge in [-0.1, -0.05) is 6.07 Å². The minimum atomic E-state index is -3.02. The summed E-state index contributed by atoms with van der Waals surface area (Å²) in [6, 6.07) is 12.9. The molecule has 3 amide bonds. The number of rotatable bonds is 6. The molecule has 36 heavy (non-hydrogen) atoms. The summed E-state index contributed by atoms with van der Waals surface area (Å²) in [5.74, 6) is -1.25. The molecule has 2 aromatic carbocycles. The quantitative estimate of drug-likeness (QED) is 0.564. The number of halogens is 2. The van der Waals surface area contributed by atoms with Crippen LogP contribution in [0.2, 0.25) is 0 Å². The molecule has 1 aromatic heterocycles. The molecule has 5 rings (SSSR count). The highest BCUT2D eigenvalue weighted by atomic mass is 19.3. The molecule has 9 nitrogen and oxygen atoms in total. The zero-order valence-electron chi connectivity index (χ0n) is 19.2. The number of alkyl halides is 2. The van der Waals surface area contributed by atoms with Gasteiger partial charge in [-0.15, -0.1) is 0 Å². The number of primary amides is 1. The molecule has 0 atom stereocenters. The molecule has 2 aliphatic heterocycles. The van der Waals surface area contributed by atoms with E-state index in [2.05, 4.69) is 9.84 Å². The normalized spacial score (nSPS) is 15.9. The number of benzene rings is 2. The van der Waals surface area contributed by atoms with Crippen LogP contribution in [-0.4, -0.2) is 47.2 Å². The number of nitrogens with two attached hydrogens (primary N) is 1. The maximum Gasteiger partial charge on any atom is 0.387 e. The van der Waals surface area contributed by atoms with Gasteiger partial charge in [0.2, 0.25) is 5.91 Å². The minimum absolute atomic E-state index is 0.0443. The van der Waals surface area contributed by atoms with Crippen molar-refractivity contribution in [1.29, 1.82) is 0 Å². The van der Waals surface area contributed by atoms with Crippen LogP contribution in [0.1, 0.15) is 45.8 Å². The largest absolute Gasteiger partial charge is 0.435 e. The Bertz CT molecular complexity index is 1340. The maximum atomic E-state index is 13.6. The van der Waals surface area contributed by atoms with Gasteiger partial charge in [0, 0.05) is 42.5 Å². The van der Waals surface area contributed by atoms with E-state index in [0.717, 1.165) is 18.5 Å². The molecule has 3 aromatic rings. The number of fused-ring (bicyclic) bond motifs is 1. The number of anilines is 2. The van der Waals surface area contributed by atoms with E-state index in [4.69, 9.17) is 5.73 Å². The van der Waals surface area contributed by atoms with Crippen molar-refractivity contribution in [2.24, 2.45) is 5.73 Å². The molecule has 0 radical (unpaired) electrons. The molecule has 0 spiro atoms. The second-order valence-electron chi connectivity index (χ2n) is 8.55. The predicted octanol–water partition coefficient (Wildman–Crippen LogP) is 3.29. The van der Waals surface area contributed by atoms with E-state index >= 15 is 0 Å². The number of ether oxygens (including phenoxy) is 1. The third-order valence-electron chi connectivity index (χ3n) is 6.33. The standard InChI is InChI=1S/C25H23F2N5O4/c26-25(27)36-18-5-3-4-17(14-18)32-22-19(21(29-32)23(28)34)11-13-31(24(22)35)16-9-7-15(8-10-16)30-12-2-1-6-20(30)33/h3-5,7-10,14,25H,1-2,6,11-13H2,(H2,28,34). The van der Waals surface area contributed by atoms with Crippen molar-refractivity contribution in [3.63, 3.8) is 0 Å². The molecule has 1 fully saturated rings. The lowest BCUT2D eigenvalue weighted by molar-refractivity contribution is -0.119. The lowest BCUT2D eigenvalue weighted by Gasteiger charge is -2.29. The molecule has 0 bridgehead atoms. The average Bonchev–Trinajstić information content (AvgIpc) is 3.26. The maximum absolute atomic E-state index is 13.6. The van der Waals surface area contributed by atoms with E-state index in [1.807, 2.05) is 0 Å². The molecule has 0 aliphatic carbocycles. The van der Waals surface area contributed by atoms with Crippen LogP contribution in [0.5, 0.6) is 5.75 Å². The Balaban J connectivity index is 1.49. The van der Waals surface area contributed by atoms with Crippen molar-refractivity contribution in [3.05, 3.63) is 65.5 Å². The van der Waals surface area contributed by atoms with Crippen LogP contribution < -0.4 is 20.3 Å². The van der Waals surface area contributed by atoms with E-state index < -0.39 is 18.4 Å². The van der Waals surface area contributed by atoms with Crippen molar-refractivity contribution in [2.75, 3.05) is 22.9 Å². The van der Waals surface area contributed by atoms with E-state index in [1.54, 1.807) is 40.1 Å². The molecule has 2 aliphatic rings. The van der Waals surface area contributed by atoms with Crippen LogP contribution in [0.3, 0.4) is 0 Å². The Labute approximate surface area is 205 Å². The number of piperidine rings is 1. The molecule has 1 saturated heterocycles. The zero-order valence-corrected chi connectivity index (χ0v) is 19.2. The highest BCUT2D eigenvalue weighted by molar-refractivity contribution is 6.09. The first kappa shape index (κ1) is 23.5. The zero-order chi connectivity index (χ0) is 25.4. The first-order valence-corrected chi connectivity index (χ1v) is 11.5. The van der Waals surface area contributed by atoms with Crippen molar-refractivity contribution >= 4 is 29.1 Å².